The normalized spacial score (nSPS) is 11.7. The maximum atomic E-state index is 10.2. The lowest BCUT2D eigenvalue weighted by Crippen LogP contribution is -2.13. The maximum Gasteiger partial charge on any atom is 0.0991 e. The Hall–Kier alpha value is -2.31. The lowest BCUT2D eigenvalue weighted by molar-refractivity contribution is 0.191. The summed E-state index contributed by atoms with van der Waals surface area (Å²) in [6.07, 6.45) is -0.595. The van der Waals surface area contributed by atoms with E-state index in [1.807, 2.05) is 12.1 Å². The van der Waals surface area contributed by atoms with Crippen LogP contribution in [0.15, 0.2) is 42.5 Å². The molecule has 0 radical (unpaired) electrons. The van der Waals surface area contributed by atoms with E-state index in [1.54, 1.807) is 24.3 Å². The molecule has 0 spiro atoms. The Labute approximate surface area is 119 Å². The third-order valence-electron chi connectivity index (χ3n) is 3.52. The zero-order valence-electron chi connectivity index (χ0n) is 11.7. The minimum atomic E-state index is -0.595. The van der Waals surface area contributed by atoms with Gasteiger partial charge >= 0.3 is 0 Å². The van der Waals surface area contributed by atoms with Crippen molar-refractivity contribution in [3.63, 3.8) is 0 Å². The van der Waals surface area contributed by atoms with Crippen molar-refractivity contribution in [3.05, 3.63) is 64.7 Å². The Morgan fingerprint density at radius 2 is 1.85 bits per heavy atom. The van der Waals surface area contributed by atoms with Gasteiger partial charge in [0, 0.05) is 12.2 Å². The second kappa shape index (κ2) is 6.23. The molecular formula is C17H18N2O. The smallest absolute Gasteiger partial charge is 0.0991 e. The van der Waals surface area contributed by atoms with Crippen molar-refractivity contribution >= 4 is 5.69 Å². The molecule has 0 aliphatic rings. The number of hydrogen-bond acceptors (Lipinski definition) is 3. The van der Waals surface area contributed by atoms with Crippen LogP contribution in [0.25, 0.3) is 0 Å². The van der Waals surface area contributed by atoms with Crippen molar-refractivity contribution in [1.29, 1.82) is 5.26 Å². The first-order valence-corrected chi connectivity index (χ1v) is 6.60. The third kappa shape index (κ3) is 3.17. The number of nitriles is 1. The van der Waals surface area contributed by atoms with E-state index in [9.17, 15) is 5.11 Å². The van der Waals surface area contributed by atoms with Crippen molar-refractivity contribution in [2.24, 2.45) is 0 Å². The van der Waals surface area contributed by atoms with Gasteiger partial charge in [-0.1, -0.05) is 24.3 Å². The van der Waals surface area contributed by atoms with Crippen LogP contribution in [-0.2, 0) is 0 Å². The van der Waals surface area contributed by atoms with E-state index < -0.39 is 6.10 Å². The summed E-state index contributed by atoms with van der Waals surface area (Å²) in [5.41, 5.74) is 4.87. The number of aryl methyl sites for hydroxylation is 1. The van der Waals surface area contributed by atoms with E-state index in [-0.39, 0.29) is 0 Å². The topological polar surface area (TPSA) is 56.0 Å². The molecule has 2 aromatic rings. The van der Waals surface area contributed by atoms with Crippen molar-refractivity contribution in [2.45, 2.75) is 20.0 Å². The van der Waals surface area contributed by atoms with Gasteiger partial charge < -0.3 is 10.4 Å². The molecule has 2 aromatic carbocycles. The second-order valence-corrected chi connectivity index (χ2v) is 4.88. The van der Waals surface area contributed by atoms with Crippen LogP contribution in [-0.4, -0.2) is 11.7 Å². The van der Waals surface area contributed by atoms with Crippen LogP contribution in [0.1, 0.15) is 28.4 Å². The average molecular weight is 266 g/mol. The van der Waals surface area contributed by atoms with Gasteiger partial charge in [-0.25, -0.2) is 0 Å². The second-order valence-electron chi connectivity index (χ2n) is 4.88. The van der Waals surface area contributed by atoms with Gasteiger partial charge in [-0.15, -0.1) is 0 Å². The first kappa shape index (κ1) is 14.1. The molecule has 2 rings (SSSR count). The minimum absolute atomic E-state index is 0.441. The molecule has 3 nitrogen and oxygen atoms in total. The van der Waals surface area contributed by atoms with E-state index in [0.29, 0.717) is 12.1 Å². The highest BCUT2D eigenvalue weighted by molar-refractivity contribution is 5.53. The van der Waals surface area contributed by atoms with Crippen molar-refractivity contribution < 1.29 is 5.11 Å². The Morgan fingerprint density at radius 1 is 1.15 bits per heavy atom. The summed E-state index contributed by atoms with van der Waals surface area (Å²) in [6, 6.07) is 15.1. The number of anilines is 1. The average Bonchev–Trinajstić information content (AvgIpc) is 2.48. The molecule has 0 heterocycles. The predicted octanol–water partition coefficient (Wildman–Crippen LogP) is 3.32. The molecule has 0 saturated carbocycles. The van der Waals surface area contributed by atoms with Gasteiger partial charge in [-0.2, -0.15) is 5.26 Å². The number of nitrogens with zero attached hydrogens (tertiary/aromatic N) is 1. The van der Waals surface area contributed by atoms with Crippen LogP contribution < -0.4 is 5.32 Å². The monoisotopic (exact) mass is 266 g/mol. The Bertz CT molecular complexity index is 626. The lowest BCUT2D eigenvalue weighted by atomic mass is 10.1. The lowest BCUT2D eigenvalue weighted by Gasteiger charge is -2.15. The molecule has 102 valence electrons. The Balaban J connectivity index is 2.03. The molecule has 0 amide bonds. The van der Waals surface area contributed by atoms with Gasteiger partial charge in [0.05, 0.1) is 17.7 Å². The molecule has 0 bridgehead atoms. The highest BCUT2D eigenvalue weighted by atomic mass is 16.3. The summed E-state index contributed by atoms with van der Waals surface area (Å²) >= 11 is 0. The first-order valence-electron chi connectivity index (χ1n) is 6.60. The molecule has 1 unspecified atom stereocenters. The number of nitrogens with one attached hydrogen (secondary N) is 1. The molecule has 0 fully saturated rings. The third-order valence-corrected chi connectivity index (χ3v) is 3.52. The van der Waals surface area contributed by atoms with Crippen molar-refractivity contribution in [1.82, 2.24) is 0 Å². The van der Waals surface area contributed by atoms with Crippen LogP contribution in [0.3, 0.4) is 0 Å². The van der Waals surface area contributed by atoms with Crippen LogP contribution in [0, 0.1) is 25.2 Å². The van der Waals surface area contributed by atoms with Gasteiger partial charge in [0.2, 0.25) is 0 Å². The zero-order chi connectivity index (χ0) is 14.5. The van der Waals surface area contributed by atoms with Gasteiger partial charge in [0.25, 0.3) is 0 Å². The minimum Gasteiger partial charge on any atom is -0.387 e. The highest BCUT2D eigenvalue weighted by Gasteiger charge is 2.08. The Morgan fingerprint density at radius 3 is 2.50 bits per heavy atom. The quantitative estimate of drug-likeness (QED) is 0.892. The van der Waals surface area contributed by atoms with Gasteiger partial charge in [-0.05, 0) is 48.7 Å². The maximum absolute atomic E-state index is 10.2. The van der Waals surface area contributed by atoms with E-state index in [4.69, 9.17) is 5.26 Å². The molecule has 0 aliphatic carbocycles. The highest BCUT2D eigenvalue weighted by Crippen LogP contribution is 2.20. The predicted molar refractivity (Wildman–Crippen MR) is 80.5 cm³/mol. The fourth-order valence-corrected chi connectivity index (χ4v) is 2.05. The Kier molecular flexibility index (Phi) is 4.39. The van der Waals surface area contributed by atoms with E-state index in [2.05, 4.69) is 31.3 Å². The first-order chi connectivity index (χ1) is 9.61. The molecule has 1 atom stereocenters. The zero-order valence-corrected chi connectivity index (χ0v) is 11.7. The van der Waals surface area contributed by atoms with Crippen molar-refractivity contribution in [2.75, 3.05) is 11.9 Å². The van der Waals surface area contributed by atoms with E-state index in [0.717, 1.165) is 11.3 Å². The summed E-state index contributed by atoms with van der Waals surface area (Å²) in [6.45, 7) is 4.57. The van der Waals surface area contributed by atoms with Crippen LogP contribution in [0.2, 0.25) is 0 Å². The van der Waals surface area contributed by atoms with Crippen LogP contribution in [0.4, 0.5) is 5.69 Å². The number of aliphatic hydroxyl groups is 1. The molecule has 0 aromatic heterocycles. The van der Waals surface area contributed by atoms with Crippen LogP contribution >= 0.6 is 0 Å². The molecule has 3 heteroatoms. The number of rotatable bonds is 4. The largest absolute Gasteiger partial charge is 0.387 e. The van der Waals surface area contributed by atoms with E-state index in [1.165, 1.54) is 11.1 Å². The fourth-order valence-electron chi connectivity index (χ4n) is 2.05. The summed E-state index contributed by atoms with van der Waals surface area (Å²) < 4.78 is 0. The summed E-state index contributed by atoms with van der Waals surface area (Å²) in [7, 11) is 0. The van der Waals surface area contributed by atoms with Crippen molar-refractivity contribution in [3.8, 4) is 6.07 Å². The standard InChI is InChI=1S/C17H18N2O/c1-12-4-3-5-16(13(12)2)19-11-17(20)15-8-6-14(10-18)7-9-15/h3-9,17,19-20H,11H2,1-2H3. The molecule has 20 heavy (non-hydrogen) atoms. The number of benzene rings is 2. The van der Waals surface area contributed by atoms with Gasteiger partial charge in [-0.3, -0.25) is 0 Å². The summed E-state index contributed by atoms with van der Waals surface area (Å²) in [5, 5.41) is 22.2. The molecule has 0 saturated heterocycles. The van der Waals surface area contributed by atoms with Gasteiger partial charge in [0.15, 0.2) is 0 Å². The number of aliphatic hydroxyl groups excluding tert-OH is 1. The molecule has 2 N–H and O–H groups in total. The van der Waals surface area contributed by atoms with E-state index >= 15 is 0 Å². The SMILES string of the molecule is Cc1cccc(NCC(O)c2ccc(C#N)cc2)c1C. The van der Waals surface area contributed by atoms with Gasteiger partial charge in [0.1, 0.15) is 0 Å². The number of hydrogen-bond donors (Lipinski definition) is 2. The molecular weight excluding hydrogens is 248 g/mol. The molecule has 0 aliphatic heterocycles. The van der Waals surface area contributed by atoms with Crippen LogP contribution in [0.5, 0.6) is 0 Å². The summed E-state index contributed by atoms with van der Waals surface area (Å²) in [4.78, 5) is 0. The summed E-state index contributed by atoms with van der Waals surface area (Å²) in [5.74, 6) is 0. The fraction of sp³-hybridized carbons (Fsp3) is 0.235.